The zero-order valence-electron chi connectivity index (χ0n) is 54.3. The predicted molar refractivity (Wildman–Crippen MR) is 340 cm³/mol. The molecule has 9 N–H and O–H groups in total. The fourth-order valence-corrected chi connectivity index (χ4v) is 10.6. The Kier molecular flexibility index (Phi) is 27.2. The number of para-hydroxylation sites is 1. The first-order valence-corrected chi connectivity index (χ1v) is 30.7. The number of nitrogens with one attached hydrogen (secondary N) is 7. The Bertz CT molecular complexity index is 3330. The van der Waals surface area contributed by atoms with E-state index in [1.54, 1.807) is 45.0 Å². The maximum Gasteiger partial charge on any atom is 0.408 e. The van der Waals surface area contributed by atoms with Crippen LogP contribution in [0.4, 0.5) is 21.9 Å². The van der Waals surface area contributed by atoms with Crippen molar-refractivity contribution < 1.29 is 67.4 Å². The molecule has 32 nitrogen and oxygen atoms in total. The Labute approximate surface area is 543 Å². The van der Waals surface area contributed by atoms with Gasteiger partial charge in [0.25, 0.3) is 5.91 Å². The molecule has 510 valence electrons. The van der Waals surface area contributed by atoms with Crippen LogP contribution in [0.5, 0.6) is 5.75 Å². The number of nitro benzene ring substituents is 2. The molecule has 1 saturated heterocycles. The van der Waals surface area contributed by atoms with Crippen molar-refractivity contribution in [2.24, 2.45) is 23.5 Å². The van der Waals surface area contributed by atoms with Gasteiger partial charge in [0.1, 0.15) is 59.9 Å². The molecule has 7 amide bonds. The van der Waals surface area contributed by atoms with Crippen LogP contribution in [-0.2, 0) is 62.5 Å². The number of rotatable bonds is 33. The molecule has 0 spiro atoms. The van der Waals surface area contributed by atoms with Crippen LogP contribution >= 0.6 is 0 Å². The quantitative estimate of drug-likeness (QED) is 0.00784. The van der Waals surface area contributed by atoms with Gasteiger partial charge in [0, 0.05) is 38.2 Å². The number of aromatic amines is 1. The van der Waals surface area contributed by atoms with Crippen LogP contribution in [0.2, 0.25) is 0 Å². The summed E-state index contributed by atoms with van der Waals surface area (Å²) in [6, 6.07) is 6.51. The zero-order valence-corrected chi connectivity index (χ0v) is 54.3. The number of benzene rings is 3. The molecule has 94 heavy (non-hydrogen) atoms. The second-order valence-electron chi connectivity index (χ2n) is 24.1. The number of alkyl carbamates (subject to hydrolysis) is 1. The maximum atomic E-state index is 16.2. The number of carbonyl (C=O) groups is 8. The number of nitrogens with two attached hydrogens (primary N) is 1. The molecule has 2 heterocycles. The summed E-state index contributed by atoms with van der Waals surface area (Å²) in [7, 11) is 1.15. The summed E-state index contributed by atoms with van der Waals surface area (Å²) in [5.74, 6) is -10.2. The van der Waals surface area contributed by atoms with E-state index in [1.165, 1.54) is 54.1 Å². The van der Waals surface area contributed by atoms with Gasteiger partial charge in [-0.1, -0.05) is 103 Å². The fourth-order valence-electron chi connectivity index (χ4n) is 10.6. The van der Waals surface area contributed by atoms with Crippen LogP contribution in [0.1, 0.15) is 118 Å². The van der Waals surface area contributed by atoms with Gasteiger partial charge in [-0.15, -0.1) is 0 Å². The van der Waals surface area contributed by atoms with E-state index in [4.69, 9.17) is 25.4 Å². The number of guanidine groups is 1. The van der Waals surface area contributed by atoms with Crippen LogP contribution in [0.25, 0.3) is 0 Å². The lowest BCUT2D eigenvalue weighted by atomic mass is 9.94. The van der Waals surface area contributed by atoms with Gasteiger partial charge in [0.15, 0.2) is 17.0 Å². The van der Waals surface area contributed by atoms with Gasteiger partial charge in [-0.3, -0.25) is 59.3 Å². The Morgan fingerprint density at radius 2 is 1.46 bits per heavy atom. The number of esters is 1. The second kappa shape index (κ2) is 34.4. The van der Waals surface area contributed by atoms with Crippen molar-refractivity contribution >= 4 is 70.5 Å². The van der Waals surface area contributed by atoms with Gasteiger partial charge in [-0.25, -0.2) is 24.7 Å². The van der Waals surface area contributed by atoms with E-state index >= 15 is 19.2 Å². The molecule has 3 aromatic carbocycles. The van der Waals surface area contributed by atoms with Crippen molar-refractivity contribution in [3.8, 4) is 5.75 Å². The highest BCUT2D eigenvalue weighted by molar-refractivity contribution is 6.08. The lowest BCUT2D eigenvalue weighted by molar-refractivity contribution is -0.641. The van der Waals surface area contributed by atoms with Gasteiger partial charge >= 0.3 is 29.3 Å². The summed E-state index contributed by atoms with van der Waals surface area (Å²) in [5, 5.41) is 58.5. The molecule has 0 bridgehead atoms. The third-order valence-electron chi connectivity index (χ3n) is 15.8. The largest absolute Gasteiger partial charge is 0.489 e. The van der Waals surface area contributed by atoms with Crippen LogP contribution in [0, 0.1) is 53.5 Å². The van der Waals surface area contributed by atoms with Crippen LogP contribution in [-0.4, -0.2) is 156 Å². The first-order valence-electron chi connectivity index (χ1n) is 30.7. The van der Waals surface area contributed by atoms with Crippen molar-refractivity contribution in [3.05, 3.63) is 132 Å². The van der Waals surface area contributed by atoms with Crippen molar-refractivity contribution in [3.63, 3.8) is 0 Å². The van der Waals surface area contributed by atoms with E-state index in [2.05, 4.69) is 36.6 Å². The summed E-state index contributed by atoms with van der Waals surface area (Å²) < 4.78 is 16.3. The van der Waals surface area contributed by atoms with Crippen LogP contribution < -0.4 is 42.0 Å². The molecule has 1 aliphatic rings. The number of aromatic nitrogens is 2. The highest BCUT2D eigenvalue weighted by Gasteiger charge is 2.49. The third kappa shape index (κ3) is 20.3. The molecule has 0 saturated carbocycles. The number of methoxy groups -OCH3 is 1. The fraction of sp³-hybridized carbons (Fsp3) is 0.516. The standard InChI is InChI=1S/C62H85N15O17/c1-11-37(5)49(58(83)73(45-22-16-23-46(75(86)87)52(45)76(88)89)48(32-41-33-65-35-67-41)57(82)72-30-18-24-47(72)54(79)71-50(38(6)12-2)59(84)92-10)70-53(78)44(31-39-25-27-42(28-26-39)93-34-40-19-14-13-15-20-40)68-55(80)51(36(3)4)74(77(90)91)56(81)43(21-17-29-66-60(63)64)69-61(85)94-62(7,8)9/h13-16,19-20,22-23,25-28,33,35-38,43-44,47-51H,11-12,17-18,21,24,29-32,34H2,1-10H3,(H,65,67)(H,68,80)(H,69,85)(H,70,78)(H,71,79)(H4,63,64,66)/t37-,38-,43-,44-,47-,48-,49-,50-,51-/m0/s1. The molecule has 0 aliphatic carbocycles. The molecule has 1 aliphatic heterocycles. The highest BCUT2D eigenvalue weighted by atomic mass is 16.7. The van der Waals surface area contributed by atoms with Gasteiger partial charge in [0.2, 0.25) is 23.6 Å². The summed E-state index contributed by atoms with van der Waals surface area (Å²) in [4.78, 5) is 163. The number of anilines is 1. The summed E-state index contributed by atoms with van der Waals surface area (Å²) >= 11 is 0. The number of ether oxygens (including phenoxy) is 3. The average molecular weight is 1310 g/mol. The second-order valence-corrected chi connectivity index (χ2v) is 24.1. The molecule has 1 fully saturated rings. The number of hydrazine groups is 1. The van der Waals surface area contributed by atoms with E-state index in [9.17, 15) is 49.5 Å². The molecular weight excluding hydrogens is 1230 g/mol. The van der Waals surface area contributed by atoms with E-state index in [-0.39, 0.29) is 62.5 Å². The van der Waals surface area contributed by atoms with E-state index in [0.29, 0.717) is 22.6 Å². The maximum absolute atomic E-state index is 16.2. The number of imidazole rings is 1. The molecule has 0 unspecified atom stereocenters. The number of hydrogen-bond acceptors (Lipinski definition) is 19. The van der Waals surface area contributed by atoms with Crippen molar-refractivity contribution in [2.75, 3.05) is 25.1 Å². The van der Waals surface area contributed by atoms with Crippen molar-refractivity contribution in [1.29, 1.82) is 5.41 Å². The van der Waals surface area contributed by atoms with Gasteiger partial charge < -0.3 is 56.4 Å². The number of nitro groups is 3. The summed E-state index contributed by atoms with van der Waals surface area (Å²) in [6.45, 7) is 14.1. The monoisotopic (exact) mass is 1310 g/mol. The number of likely N-dealkylation sites (tertiary alicyclic amines) is 1. The minimum atomic E-state index is -2.05. The Hall–Kier alpha value is -10.3. The van der Waals surface area contributed by atoms with Crippen LogP contribution in [0.3, 0.4) is 0 Å². The molecule has 1 aromatic heterocycles. The highest BCUT2D eigenvalue weighted by Crippen LogP contribution is 2.40. The molecule has 32 heteroatoms. The Morgan fingerprint density at radius 1 is 0.798 bits per heavy atom. The van der Waals surface area contributed by atoms with Gasteiger partial charge in [-0.05, 0) is 98.5 Å². The first-order chi connectivity index (χ1) is 44.4. The topological polar surface area (TPSA) is 442 Å². The van der Waals surface area contributed by atoms with E-state index in [0.717, 1.165) is 35.8 Å². The Morgan fingerprint density at radius 3 is 2.02 bits per heavy atom. The molecule has 5 rings (SSSR count). The summed E-state index contributed by atoms with van der Waals surface area (Å²) in [5.41, 5.74) is 2.52. The van der Waals surface area contributed by atoms with Crippen molar-refractivity contribution in [1.82, 2.24) is 46.5 Å². The number of H-pyrrole nitrogens is 1. The van der Waals surface area contributed by atoms with Gasteiger partial charge in [0.05, 0.1) is 29.0 Å². The first kappa shape index (κ1) is 74.4. The van der Waals surface area contributed by atoms with Crippen molar-refractivity contribution in [2.45, 2.75) is 168 Å². The number of carbonyl (C=O) groups excluding carboxylic acids is 8. The summed E-state index contributed by atoms with van der Waals surface area (Å²) in [6.07, 6.45) is 0.907. The smallest absolute Gasteiger partial charge is 0.408 e. The normalized spacial score (nSPS) is 15.4. The lowest BCUT2D eigenvalue weighted by Gasteiger charge is -2.38. The number of amides is 7. The molecule has 0 radical (unpaired) electrons. The SMILES string of the molecule is CC[C@H](C)[C@H](NC(=O)[C@@H]1CCCN1C(=O)[C@H](Cc1c[nH]cn1)N(C(=O)[C@@H](NC(=O)[C@H](Cc1ccc(OCc2ccccc2)cc1)NC(=O)[C@H](C(C)C)N(C(=O)[C@H](CCCNC(=N)N)NC(=O)OC(C)(C)C)[N+](=O)[O-])[C@@H](C)CC)c1cccc([N+](=O)[O-])c1[N+](=O)[O-])C(=O)OC. The van der Waals surface area contributed by atoms with Crippen LogP contribution in [0.15, 0.2) is 85.3 Å². The van der Waals surface area contributed by atoms with E-state index < -0.39 is 164 Å². The molecule has 9 atom stereocenters. The minimum absolute atomic E-state index is 0.00144. The number of hydrogen-bond donors (Lipinski definition) is 8. The van der Waals surface area contributed by atoms with Gasteiger partial charge in [-0.2, -0.15) is 0 Å². The molecular formula is C62H85N15O17. The van der Waals surface area contributed by atoms with E-state index in [1.807, 2.05) is 30.3 Å². The third-order valence-corrected chi connectivity index (χ3v) is 15.8. The minimum Gasteiger partial charge on any atom is -0.489 e. The lowest BCUT2D eigenvalue weighted by Crippen LogP contribution is -2.63. The predicted octanol–water partition coefficient (Wildman–Crippen LogP) is 4.90. The molecule has 4 aromatic rings. The average Bonchev–Trinajstić information content (AvgIpc) is 1.05. The Balaban J connectivity index is 1.68. The zero-order chi connectivity index (χ0) is 69.7. The number of nitrogens with zero attached hydrogens (tertiary/aromatic N) is 7.